The number of anilines is 1. The topological polar surface area (TPSA) is 71.2 Å². The molecule has 0 spiro atoms. The number of aryl methyl sites for hydroxylation is 1. The minimum absolute atomic E-state index is 0.471. The summed E-state index contributed by atoms with van der Waals surface area (Å²) in [7, 11) is 0. The van der Waals surface area contributed by atoms with Crippen LogP contribution in [0.25, 0.3) is 0 Å². The lowest BCUT2D eigenvalue weighted by atomic mass is 10.1. The van der Waals surface area contributed by atoms with Gasteiger partial charge >= 0.3 is 0 Å². The van der Waals surface area contributed by atoms with Crippen molar-refractivity contribution in [2.45, 2.75) is 19.6 Å². The van der Waals surface area contributed by atoms with Crippen molar-refractivity contribution in [3.05, 3.63) is 59.4 Å². The number of rotatable bonds is 5. The minimum atomic E-state index is -0.563. The summed E-state index contributed by atoms with van der Waals surface area (Å²) in [6, 6.07) is 11.4. The molecule has 1 aromatic heterocycles. The summed E-state index contributed by atoms with van der Waals surface area (Å²) in [5, 5.41) is 13.3. The first-order valence-electron chi connectivity index (χ1n) is 6.31. The molecular formula is C15H19N3O. The number of aromatic nitrogens is 1. The van der Waals surface area contributed by atoms with Crippen molar-refractivity contribution in [3.63, 3.8) is 0 Å². The van der Waals surface area contributed by atoms with Crippen molar-refractivity contribution < 1.29 is 5.11 Å². The lowest BCUT2D eigenvalue weighted by Crippen LogP contribution is -2.21. The highest BCUT2D eigenvalue weighted by Crippen LogP contribution is 2.18. The number of nitrogen functional groups attached to an aromatic ring is 1. The van der Waals surface area contributed by atoms with E-state index < -0.39 is 6.10 Å². The molecule has 0 fully saturated rings. The normalized spacial score (nSPS) is 12.3. The zero-order valence-electron chi connectivity index (χ0n) is 11.0. The third-order valence-electron chi connectivity index (χ3n) is 3.06. The molecule has 0 amide bonds. The van der Waals surface area contributed by atoms with E-state index in [1.807, 2.05) is 43.3 Å². The molecule has 2 aromatic rings. The van der Waals surface area contributed by atoms with Crippen LogP contribution >= 0.6 is 0 Å². The fourth-order valence-electron chi connectivity index (χ4n) is 1.82. The van der Waals surface area contributed by atoms with Gasteiger partial charge in [0.05, 0.1) is 11.8 Å². The Balaban J connectivity index is 1.87. The molecule has 100 valence electrons. The highest BCUT2D eigenvalue weighted by atomic mass is 16.3. The van der Waals surface area contributed by atoms with Crippen LogP contribution in [0, 0.1) is 6.92 Å². The molecule has 0 aliphatic rings. The molecule has 2 rings (SSSR count). The number of aliphatic hydroxyl groups is 1. The van der Waals surface area contributed by atoms with E-state index in [1.165, 1.54) is 0 Å². The van der Waals surface area contributed by atoms with Crippen LogP contribution in [0.1, 0.15) is 22.9 Å². The summed E-state index contributed by atoms with van der Waals surface area (Å²) in [5.41, 5.74) is 9.36. The van der Waals surface area contributed by atoms with E-state index in [-0.39, 0.29) is 0 Å². The van der Waals surface area contributed by atoms with Crippen molar-refractivity contribution in [2.75, 3.05) is 12.3 Å². The number of nitrogens with zero attached hydrogens (tertiary/aromatic N) is 1. The Morgan fingerprint density at radius 2 is 2.16 bits per heavy atom. The Hall–Kier alpha value is -1.91. The maximum Gasteiger partial charge on any atom is 0.0915 e. The number of benzene rings is 1. The van der Waals surface area contributed by atoms with Crippen molar-refractivity contribution in [1.29, 1.82) is 0 Å². The summed E-state index contributed by atoms with van der Waals surface area (Å²) in [4.78, 5) is 4.21. The number of hydrogen-bond donors (Lipinski definition) is 3. The maximum absolute atomic E-state index is 10.1. The molecule has 0 saturated carbocycles. The second-order valence-electron chi connectivity index (χ2n) is 4.58. The van der Waals surface area contributed by atoms with E-state index in [9.17, 15) is 5.11 Å². The molecule has 0 aliphatic heterocycles. The molecule has 1 unspecified atom stereocenters. The number of nitrogens with one attached hydrogen (secondary N) is 1. The van der Waals surface area contributed by atoms with Crippen molar-refractivity contribution >= 4 is 5.69 Å². The maximum atomic E-state index is 10.1. The van der Waals surface area contributed by atoms with Crippen LogP contribution < -0.4 is 11.1 Å². The van der Waals surface area contributed by atoms with Crippen molar-refractivity contribution in [2.24, 2.45) is 0 Å². The fourth-order valence-corrected chi connectivity index (χ4v) is 1.82. The molecular weight excluding hydrogens is 238 g/mol. The van der Waals surface area contributed by atoms with Gasteiger partial charge in [-0.05, 0) is 36.2 Å². The Morgan fingerprint density at radius 1 is 1.32 bits per heavy atom. The number of nitrogens with two attached hydrogens (primary N) is 1. The van der Waals surface area contributed by atoms with Gasteiger partial charge in [0, 0.05) is 25.0 Å². The van der Waals surface area contributed by atoms with Crippen LogP contribution in [-0.4, -0.2) is 16.6 Å². The van der Waals surface area contributed by atoms with Gasteiger partial charge in [-0.3, -0.25) is 4.98 Å². The summed E-state index contributed by atoms with van der Waals surface area (Å²) in [6.45, 7) is 3.06. The summed E-state index contributed by atoms with van der Waals surface area (Å²) in [5.74, 6) is 0. The average Bonchev–Trinajstić information content (AvgIpc) is 2.43. The molecule has 19 heavy (non-hydrogen) atoms. The number of aliphatic hydroxyl groups excluding tert-OH is 1. The first kappa shape index (κ1) is 13.5. The van der Waals surface area contributed by atoms with Crippen LogP contribution in [0.4, 0.5) is 5.69 Å². The van der Waals surface area contributed by atoms with E-state index >= 15 is 0 Å². The van der Waals surface area contributed by atoms with E-state index in [1.54, 1.807) is 6.20 Å². The summed E-state index contributed by atoms with van der Waals surface area (Å²) in [6.07, 6.45) is 1.19. The molecule has 0 radical (unpaired) electrons. The standard InChI is InChI=1S/C15H19N3O/c1-11-5-6-12(8-14(11)16)15(19)10-17-9-13-4-2-3-7-18-13/h2-8,15,17,19H,9-10,16H2,1H3. The van der Waals surface area contributed by atoms with E-state index in [4.69, 9.17) is 5.73 Å². The van der Waals surface area contributed by atoms with Gasteiger partial charge < -0.3 is 16.2 Å². The molecule has 0 bridgehead atoms. The largest absolute Gasteiger partial charge is 0.399 e. The van der Waals surface area contributed by atoms with Crippen molar-refractivity contribution in [3.8, 4) is 0 Å². The zero-order valence-corrected chi connectivity index (χ0v) is 11.0. The molecule has 4 N–H and O–H groups in total. The lowest BCUT2D eigenvalue weighted by Gasteiger charge is -2.13. The Bertz CT molecular complexity index is 528. The molecule has 4 heteroatoms. The molecule has 0 saturated heterocycles. The van der Waals surface area contributed by atoms with Crippen LogP contribution in [0.5, 0.6) is 0 Å². The van der Waals surface area contributed by atoms with Gasteiger partial charge in [0.15, 0.2) is 0 Å². The van der Waals surface area contributed by atoms with Crippen LogP contribution in [-0.2, 0) is 6.54 Å². The quantitative estimate of drug-likeness (QED) is 0.714. The molecule has 0 aliphatic carbocycles. The number of pyridine rings is 1. The monoisotopic (exact) mass is 257 g/mol. The first-order valence-corrected chi connectivity index (χ1v) is 6.31. The highest BCUT2D eigenvalue weighted by molar-refractivity contribution is 5.48. The predicted molar refractivity (Wildman–Crippen MR) is 76.5 cm³/mol. The summed E-state index contributed by atoms with van der Waals surface area (Å²) < 4.78 is 0. The Labute approximate surface area is 113 Å². The Morgan fingerprint density at radius 3 is 2.84 bits per heavy atom. The highest BCUT2D eigenvalue weighted by Gasteiger charge is 2.08. The van der Waals surface area contributed by atoms with Crippen molar-refractivity contribution in [1.82, 2.24) is 10.3 Å². The van der Waals surface area contributed by atoms with E-state index in [0.29, 0.717) is 18.8 Å². The van der Waals surface area contributed by atoms with Gasteiger partial charge in [-0.1, -0.05) is 18.2 Å². The molecule has 1 heterocycles. The van der Waals surface area contributed by atoms with E-state index in [2.05, 4.69) is 10.3 Å². The number of hydrogen-bond acceptors (Lipinski definition) is 4. The zero-order chi connectivity index (χ0) is 13.7. The first-order chi connectivity index (χ1) is 9.16. The van der Waals surface area contributed by atoms with Gasteiger partial charge in [0.2, 0.25) is 0 Å². The second-order valence-corrected chi connectivity index (χ2v) is 4.58. The van der Waals surface area contributed by atoms with Gasteiger partial charge in [-0.15, -0.1) is 0 Å². The van der Waals surface area contributed by atoms with Gasteiger partial charge in [0.1, 0.15) is 0 Å². The van der Waals surface area contributed by atoms with Gasteiger partial charge in [0.25, 0.3) is 0 Å². The van der Waals surface area contributed by atoms with Gasteiger partial charge in [-0.25, -0.2) is 0 Å². The smallest absolute Gasteiger partial charge is 0.0915 e. The third kappa shape index (κ3) is 3.77. The average molecular weight is 257 g/mol. The minimum Gasteiger partial charge on any atom is -0.399 e. The predicted octanol–water partition coefficient (Wildman–Crippen LogP) is 1.80. The SMILES string of the molecule is Cc1ccc(C(O)CNCc2ccccn2)cc1N. The molecule has 1 atom stereocenters. The third-order valence-corrected chi connectivity index (χ3v) is 3.06. The van der Waals surface area contributed by atoms with Crippen LogP contribution in [0.2, 0.25) is 0 Å². The molecule has 1 aromatic carbocycles. The second kappa shape index (κ2) is 6.31. The van der Waals surface area contributed by atoms with Crippen LogP contribution in [0.3, 0.4) is 0 Å². The Kier molecular flexibility index (Phi) is 4.49. The van der Waals surface area contributed by atoms with Crippen LogP contribution in [0.15, 0.2) is 42.6 Å². The van der Waals surface area contributed by atoms with Gasteiger partial charge in [-0.2, -0.15) is 0 Å². The van der Waals surface area contributed by atoms with E-state index in [0.717, 1.165) is 16.8 Å². The summed E-state index contributed by atoms with van der Waals surface area (Å²) >= 11 is 0. The lowest BCUT2D eigenvalue weighted by molar-refractivity contribution is 0.174. The fraction of sp³-hybridized carbons (Fsp3) is 0.267. The molecule has 4 nitrogen and oxygen atoms in total.